The van der Waals surface area contributed by atoms with Gasteiger partial charge in [0.25, 0.3) is 11.1 Å². The Hall–Kier alpha value is -2.96. The number of hydrogen-bond donors (Lipinski definition) is 8. The van der Waals surface area contributed by atoms with Gasteiger partial charge in [0.15, 0.2) is 0 Å². The van der Waals surface area contributed by atoms with Crippen LogP contribution in [0.3, 0.4) is 0 Å². The quantitative estimate of drug-likeness (QED) is 0.178. The van der Waals surface area contributed by atoms with E-state index >= 15 is 0 Å². The van der Waals surface area contributed by atoms with Gasteiger partial charge in [-0.2, -0.15) is 0 Å². The number of ether oxygens (including phenoxy) is 2. The molecule has 36 heavy (non-hydrogen) atoms. The SMILES string of the molecule is O=c1ccn(C[C@@H]2O[C@H](CO)C(O)[C@@H]2O)c(=O)[nH]1.[2H]c1c([2H])n(C[C@@H]2O[C@H](CO)C(O)[C@@H]2O)c(=O)[nH]c1=O. The van der Waals surface area contributed by atoms with Crippen molar-refractivity contribution in [2.24, 2.45) is 0 Å². The van der Waals surface area contributed by atoms with Crippen LogP contribution in [0.4, 0.5) is 0 Å². The Morgan fingerprint density at radius 3 is 1.67 bits per heavy atom. The molecular weight excluding hydrogens is 488 g/mol. The molecule has 2 aromatic rings. The molecule has 4 heterocycles. The predicted molar refractivity (Wildman–Crippen MR) is 118 cm³/mol. The van der Waals surface area contributed by atoms with Crippen LogP contribution in [0.5, 0.6) is 0 Å². The van der Waals surface area contributed by atoms with Crippen molar-refractivity contribution in [3.8, 4) is 0 Å². The van der Waals surface area contributed by atoms with E-state index in [1.54, 1.807) is 0 Å². The molecule has 8 atom stereocenters. The molecular formula is C20H28N4O12. The van der Waals surface area contributed by atoms with E-state index in [1.165, 1.54) is 12.3 Å². The first-order valence-corrected chi connectivity index (χ1v) is 10.7. The number of hydrogen-bond acceptors (Lipinski definition) is 12. The summed E-state index contributed by atoms with van der Waals surface area (Å²) >= 11 is 0. The maximum atomic E-state index is 11.6. The van der Waals surface area contributed by atoms with Crippen LogP contribution in [0.15, 0.2) is 43.7 Å². The van der Waals surface area contributed by atoms with Crippen LogP contribution in [0.2, 0.25) is 0 Å². The van der Waals surface area contributed by atoms with Gasteiger partial charge in [-0.3, -0.25) is 28.7 Å². The number of aromatic amines is 2. The van der Waals surface area contributed by atoms with Crippen molar-refractivity contribution in [2.75, 3.05) is 13.2 Å². The number of rotatable bonds is 6. The second-order valence-corrected chi connectivity index (χ2v) is 8.12. The van der Waals surface area contributed by atoms with Crippen molar-refractivity contribution in [2.45, 2.75) is 61.9 Å². The summed E-state index contributed by atoms with van der Waals surface area (Å²) in [6.07, 6.45) is -8.10. The Morgan fingerprint density at radius 1 is 0.750 bits per heavy atom. The molecule has 2 aliphatic heterocycles. The highest BCUT2D eigenvalue weighted by atomic mass is 16.6. The van der Waals surface area contributed by atoms with Gasteiger partial charge in [-0.15, -0.1) is 0 Å². The summed E-state index contributed by atoms with van der Waals surface area (Å²) in [4.78, 5) is 49.0. The lowest BCUT2D eigenvalue weighted by Gasteiger charge is -2.15. The second-order valence-electron chi connectivity index (χ2n) is 8.12. The molecule has 0 bridgehead atoms. The highest BCUT2D eigenvalue weighted by Gasteiger charge is 2.43. The van der Waals surface area contributed by atoms with E-state index in [0.717, 1.165) is 9.13 Å². The van der Waals surface area contributed by atoms with E-state index in [4.69, 9.17) is 22.4 Å². The van der Waals surface area contributed by atoms with E-state index in [1.807, 2.05) is 4.98 Å². The van der Waals surface area contributed by atoms with Crippen molar-refractivity contribution < 1.29 is 42.9 Å². The first-order chi connectivity index (χ1) is 17.9. The number of aliphatic hydroxyl groups excluding tert-OH is 6. The predicted octanol–water partition coefficient (Wildman–Crippen LogP) is -5.96. The summed E-state index contributed by atoms with van der Waals surface area (Å²) in [5.74, 6) is 0. The average molecular weight is 518 g/mol. The van der Waals surface area contributed by atoms with E-state index in [2.05, 4.69) is 4.98 Å². The van der Waals surface area contributed by atoms with Crippen LogP contribution in [0.1, 0.15) is 2.74 Å². The number of aromatic nitrogens is 4. The lowest BCUT2D eigenvalue weighted by Crippen LogP contribution is -2.38. The van der Waals surface area contributed by atoms with Gasteiger partial charge < -0.3 is 40.1 Å². The van der Waals surface area contributed by atoms with Gasteiger partial charge in [0.2, 0.25) is 0 Å². The normalized spacial score (nSPS) is 32.5. The van der Waals surface area contributed by atoms with E-state index in [0.29, 0.717) is 0 Å². The molecule has 0 aliphatic carbocycles. The minimum absolute atomic E-state index is 0.0235. The standard InChI is InChI=1S/2C10H14N2O6/c2*13-4-6-9(16)8(15)5(18-6)3-12-2-1-7(14)11-10(12)17/h2*1-2,5-6,8-9,13,15-16H,3-4H2,(H,11,14,17)/t2*5-,6+,8+,9?/m00/s1/i1D,2D;. The van der Waals surface area contributed by atoms with Gasteiger partial charge in [0.05, 0.1) is 29.0 Å². The maximum Gasteiger partial charge on any atom is 0.328 e. The summed E-state index contributed by atoms with van der Waals surface area (Å²) < 4.78 is 27.2. The van der Waals surface area contributed by atoms with Crippen LogP contribution >= 0.6 is 0 Å². The fourth-order valence-corrected chi connectivity index (χ4v) is 3.71. The van der Waals surface area contributed by atoms with Crippen molar-refractivity contribution in [3.05, 3.63) is 66.2 Å². The van der Waals surface area contributed by atoms with Gasteiger partial charge in [-0.25, -0.2) is 9.59 Å². The molecule has 0 aromatic carbocycles. The average Bonchev–Trinajstić information content (AvgIpc) is 3.31. The summed E-state index contributed by atoms with van der Waals surface area (Å²) in [6.45, 7) is -1.28. The molecule has 8 N–H and O–H groups in total. The Bertz CT molecular complexity index is 1340. The summed E-state index contributed by atoms with van der Waals surface area (Å²) in [5, 5.41) is 56.4. The van der Waals surface area contributed by atoms with Crippen LogP contribution < -0.4 is 22.5 Å². The smallest absolute Gasteiger partial charge is 0.328 e. The molecule has 0 radical (unpaired) electrons. The first kappa shape index (κ1) is 24.7. The Kier molecular flexibility index (Phi) is 8.14. The molecule has 2 fully saturated rings. The van der Waals surface area contributed by atoms with Crippen molar-refractivity contribution in [1.29, 1.82) is 0 Å². The molecule has 2 unspecified atom stereocenters. The fraction of sp³-hybridized carbons (Fsp3) is 0.600. The third kappa shape index (κ3) is 6.23. The molecule has 16 nitrogen and oxygen atoms in total. The van der Waals surface area contributed by atoms with Crippen LogP contribution in [-0.2, 0) is 22.6 Å². The third-order valence-corrected chi connectivity index (χ3v) is 5.69. The Morgan fingerprint density at radius 2 is 1.19 bits per heavy atom. The zero-order valence-electron chi connectivity index (χ0n) is 20.6. The zero-order chi connectivity index (χ0) is 28.3. The van der Waals surface area contributed by atoms with Crippen molar-refractivity contribution in [1.82, 2.24) is 19.1 Å². The Labute approximate surface area is 204 Å². The molecule has 0 amide bonds. The maximum absolute atomic E-state index is 11.6. The van der Waals surface area contributed by atoms with Crippen LogP contribution in [0, 0.1) is 0 Å². The van der Waals surface area contributed by atoms with Gasteiger partial charge >= 0.3 is 11.4 Å². The monoisotopic (exact) mass is 518 g/mol. The molecule has 4 rings (SSSR count). The van der Waals surface area contributed by atoms with Crippen molar-refractivity contribution >= 4 is 0 Å². The molecule has 0 spiro atoms. The van der Waals surface area contributed by atoms with Crippen molar-refractivity contribution in [3.63, 3.8) is 0 Å². The topological polar surface area (TPSA) is 250 Å². The van der Waals surface area contributed by atoms with Gasteiger partial charge in [0, 0.05) is 24.5 Å². The molecule has 2 saturated heterocycles. The van der Waals surface area contributed by atoms with E-state index in [9.17, 15) is 39.6 Å². The molecule has 2 aromatic heterocycles. The largest absolute Gasteiger partial charge is 0.394 e. The second kappa shape index (κ2) is 11.8. The van der Waals surface area contributed by atoms with Gasteiger partial charge in [-0.1, -0.05) is 0 Å². The fourth-order valence-electron chi connectivity index (χ4n) is 3.71. The number of H-pyrrole nitrogens is 2. The Balaban J connectivity index is 0.000000212. The molecule has 2 aliphatic rings. The van der Waals surface area contributed by atoms with Crippen LogP contribution in [-0.4, -0.2) is 112 Å². The summed E-state index contributed by atoms with van der Waals surface area (Å²) in [6, 6.07) is 0.485. The van der Waals surface area contributed by atoms with E-state index < -0.39 is 96.8 Å². The van der Waals surface area contributed by atoms with Gasteiger partial charge in [-0.05, 0) is 0 Å². The molecule has 200 valence electrons. The highest BCUT2D eigenvalue weighted by Crippen LogP contribution is 2.22. The minimum atomic E-state index is -1.35. The van der Waals surface area contributed by atoms with E-state index in [-0.39, 0.29) is 13.1 Å². The zero-order valence-corrected chi connectivity index (χ0v) is 18.6. The lowest BCUT2D eigenvalue weighted by atomic mass is 10.1. The molecule has 0 saturated carbocycles. The third-order valence-electron chi connectivity index (χ3n) is 5.69. The number of nitrogens with zero attached hydrogens (tertiary/aromatic N) is 2. The van der Waals surface area contributed by atoms with Crippen LogP contribution in [0.25, 0.3) is 0 Å². The lowest BCUT2D eigenvalue weighted by molar-refractivity contribution is -0.0269. The summed E-state index contributed by atoms with van der Waals surface area (Å²) in [5.41, 5.74) is -3.02. The first-order valence-electron chi connectivity index (χ1n) is 11.7. The highest BCUT2D eigenvalue weighted by molar-refractivity contribution is 4.93. The molecule has 16 heteroatoms. The minimum Gasteiger partial charge on any atom is -0.394 e. The number of nitrogens with one attached hydrogen (secondary N) is 2. The van der Waals surface area contributed by atoms with Gasteiger partial charge in [0.1, 0.15) is 48.8 Å². The number of aliphatic hydroxyl groups is 6. The summed E-state index contributed by atoms with van der Waals surface area (Å²) in [7, 11) is 0.